The van der Waals surface area contributed by atoms with Crippen LogP contribution >= 0.6 is 24.0 Å². The van der Waals surface area contributed by atoms with Crippen molar-refractivity contribution in [2.45, 2.75) is 59.4 Å². The quantitative estimate of drug-likeness (QED) is 0.246. The topological polar surface area (TPSA) is 63.5 Å². The van der Waals surface area contributed by atoms with Gasteiger partial charge in [-0.1, -0.05) is 32.9 Å². The van der Waals surface area contributed by atoms with Crippen LogP contribution in [-0.2, 0) is 18.9 Å². The summed E-state index contributed by atoms with van der Waals surface area (Å²) in [5.74, 6) is 1.67. The lowest BCUT2D eigenvalue weighted by atomic mass is 9.87. The molecule has 2 aromatic rings. The minimum absolute atomic E-state index is 0. The number of rotatable bonds is 7. The molecule has 0 aliphatic carbocycles. The molecule has 2 rings (SSSR count). The maximum atomic E-state index is 5.85. The van der Waals surface area contributed by atoms with E-state index in [-0.39, 0.29) is 35.4 Å². The molecule has 0 amide bonds. The number of ether oxygens (including phenoxy) is 1. The first-order chi connectivity index (χ1) is 13.6. The predicted octanol–water partition coefficient (Wildman–Crippen LogP) is 4.13. The second-order valence-corrected chi connectivity index (χ2v) is 8.64. The third-order valence-electron chi connectivity index (χ3n) is 5.16. The summed E-state index contributed by atoms with van der Waals surface area (Å²) < 4.78 is 7.79. The van der Waals surface area contributed by atoms with E-state index in [9.17, 15) is 0 Å². The van der Waals surface area contributed by atoms with Crippen LogP contribution in [0.4, 0.5) is 0 Å². The number of guanidine groups is 1. The van der Waals surface area contributed by atoms with Crippen molar-refractivity contribution in [1.29, 1.82) is 0 Å². The van der Waals surface area contributed by atoms with Gasteiger partial charge in [-0.05, 0) is 55.9 Å². The van der Waals surface area contributed by atoms with Crippen LogP contribution in [0.5, 0.6) is 5.75 Å². The zero-order valence-corrected chi connectivity index (χ0v) is 22.0. The van der Waals surface area contributed by atoms with Gasteiger partial charge in [0.2, 0.25) is 0 Å². The number of hydrogen-bond donors (Lipinski definition) is 2. The SMILES string of the molecule is CN=C(NCCOc1ccc(C(C)(C)C)cc1)NC(C)Cc1c(C)nn(C)c1C.I. The molecule has 6 nitrogen and oxygen atoms in total. The van der Waals surface area contributed by atoms with E-state index in [0.717, 1.165) is 23.8 Å². The fourth-order valence-electron chi connectivity index (χ4n) is 3.29. The summed E-state index contributed by atoms with van der Waals surface area (Å²) in [5, 5.41) is 11.3. The first-order valence-electron chi connectivity index (χ1n) is 10.3. The van der Waals surface area contributed by atoms with Gasteiger partial charge in [-0.3, -0.25) is 9.67 Å². The van der Waals surface area contributed by atoms with E-state index in [2.05, 4.69) is 74.4 Å². The molecule has 0 aliphatic rings. The first kappa shape index (κ1) is 26.3. The molecule has 1 aromatic heterocycles. The third kappa shape index (κ3) is 7.49. The summed E-state index contributed by atoms with van der Waals surface area (Å²) in [5.41, 5.74) is 5.06. The molecule has 0 saturated heterocycles. The lowest BCUT2D eigenvalue weighted by molar-refractivity contribution is 0.321. The second kappa shape index (κ2) is 11.6. The molecule has 0 fully saturated rings. The van der Waals surface area contributed by atoms with E-state index in [0.29, 0.717) is 13.2 Å². The van der Waals surface area contributed by atoms with Gasteiger partial charge in [-0.15, -0.1) is 24.0 Å². The van der Waals surface area contributed by atoms with E-state index in [4.69, 9.17) is 4.74 Å². The van der Waals surface area contributed by atoms with E-state index >= 15 is 0 Å². The normalized spacial score (nSPS) is 12.9. The molecule has 7 heteroatoms. The number of halogens is 1. The highest BCUT2D eigenvalue weighted by atomic mass is 127. The third-order valence-corrected chi connectivity index (χ3v) is 5.16. The highest BCUT2D eigenvalue weighted by molar-refractivity contribution is 14.0. The maximum Gasteiger partial charge on any atom is 0.191 e. The van der Waals surface area contributed by atoms with Gasteiger partial charge >= 0.3 is 0 Å². The number of hydrogen-bond acceptors (Lipinski definition) is 3. The number of aromatic nitrogens is 2. The molecule has 0 aliphatic heterocycles. The van der Waals surface area contributed by atoms with Crippen molar-refractivity contribution in [2.75, 3.05) is 20.2 Å². The number of benzene rings is 1. The van der Waals surface area contributed by atoms with Crippen LogP contribution in [-0.4, -0.2) is 42.0 Å². The Morgan fingerprint density at radius 2 is 1.83 bits per heavy atom. The predicted molar refractivity (Wildman–Crippen MR) is 136 cm³/mol. The van der Waals surface area contributed by atoms with Gasteiger partial charge < -0.3 is 15.4 Å². The molecule has 2 N–H and O–H groups in total. The van der Waals surface area contributed by atoms with Crippen molar-refractivity contribution in [2.24, 2.45) is 12.0 Å². The number of aryl methyl sites for hydroxylation is 2. The first-order valence-corrected chi connectivity index (χ1v) is 10.3. The number of nitrogens with zero attached hydrogens (tertiary/aromatic N) is 3. The van der Waals surface area contributed by atoms with Gasteiger partial charge in [0.1, 0.15) is 12.4 Å². The zero-order chi connectivity index (χ0) is 21.6. The molecule has 168 valence electrons. The Bertz CT molecular complexity index is 821. The summed E-state index contributed by atoms with van der Waals surface area (Å²) >= 11 is 0. The van der Waals surface area contributed by atoms with Gasteiger partial charge in [0.15, 0.2) is 5.96 Å². The van der Waals surface area contributed by atoms with Crippen LogP contribution in [0.2, 0.25) is 0 Å². The Morgan fingerprint density at radius 3 is 2.33 bits per heavy atom. The molecule has 0 radical (unpaired) electrons. The van der Waals surface area contributed by atoms with Crippen molar-refractivity contribution in [1.82, 2.24) is 20.4 Å². The minimum Gasteiger partial charge on any atom is -0.492 e. The van der Waals surface area contributed by atoms with Crippen LogP contribution in [0, 0.1) is 13.8 Å². The smallest absolute Gasteiger partial charge is 0.191 e. The Morgan fingerprint density at radius 1 is 1.20 bits per heavy atom. The van der Waals surface area contributed by atoms with Gasteiger partial charge in [0.05, 0.1) is 12.2 Å². The van der Waals surface area contributed by atoms with Crippen molar-refractivity contribution < 1.29 is 4.74 Å². The van der Waals surface area contributed by atoms with E-state index in [1.165, 1.54) is 16.8 Å². The molecule has 0 saturated carbocycles. The molecule has 1 heterocycles. The van der Waals surface area contributed by atoms with Crippen LogP contribution in [0.15, 0.2) is 29.3 Å². The minimum atomic E-state index is 0. The molecule has 0 spiro atoms. The Labute approximate surface area is 198 Å². The van der Waals surface area contributed by atoms with Gasteiger partial charge in [0, 0.05) is 25.8 Å². The average Bonchev–Trinajstić information content (AvgIpc) is 2.90. The highest BCUT2D eigenvalue weighted by Crippen LogP contribution is 2.24. The Hall–Kier alpha value is -1.77. The van der Waals surface area contributed by atoms with Gasteiger partial charge in [-0.2, -0.15) is 5.10 Å². The number of nitrogens with one attached hydrogen (secondary N) is 2. The second-order valence-electron chi connectivity index (χ2n) is 8.64. The zero-order valence-electron chi connectivity index (χ0n) is 19.7. The maximum absolute atomic E-state index is 5.85. The largest absolute Gasteiger partial charge is 0.492 e. The summed E-state index contributed by atoms with van der Waals surface area (Å²) in [6, 6.07) is 8.58. The van der Waals surface area contributed by atoms with Gasteiger partial charge in [-0.25, -0.2) is 0 Å². The van der Waals surface area contributed by atoms with Crippen molar-refractivity contribution in [3.63, 3.8) is 0 Å². The summed E-state index contributed by atoms with van der Waals surface area (Å²) in [7, 11) is 3.77. The van der Waals surface area contributed by atoms with E-state index in [1.807, 2.05) is 23.9 Å². The van der Waals surface area contributed by atoms with Crippen molar-refractivity contribution in [3.05, 3.63) is 46.8 Å². The fraction of sp³-hybridized carbons (Fsp3) is 0.565. The molecule has 1 atom stereocenters. The molecule has 1 aromatic carbocycles. The molecular formula is C23H38IN5O. The van der Waals surface area contributed by atoms with Crippen LogP contribution in [0.1, 0.15) is 50.2 Å². The molecule has 30 heavy (non-hydrogen) atoms. The van der Waals surface area contributed by atoms with E-state index in [1.54, 1.807) is 7.05 Å². The molecule has 0 bridgehead atoms. The summed E-state index contributed by atoms with van der Waals surface area (Å²) in [4.78, 5) is 4.32. The summed E-state index contributed by atoms with van der Waals surface area (Å²) in [6.45, 7) is 14.2. The van der Waals surface area contributed by atoms with Gasteiger partial charge in [0.25, 0.3) is 0 Å². The van der Waals surface area contributed by atoms with Crippen LogP contribution in [0.25, 0.3) is 0 Å². The Balaban J connectivity index is 0.00000450. The molecule has 1 unspecified atom stereocenters. The lowest BCUT2D eigenvalue weighted by Crippen LogP contribution is -2.44. The lowest BCUT2D eigenvalue weighted by Gasteiger charge is -2.19. The van der Waals surface area contributed by atoms with Crippen molar-refractivity contribution in [3.8, 4) is 5.75 Å². The highest BCUT2D eigenvalue weighted by Gasteiger charge is 2.14. The standard InChI is InChI=1S/C23H37N5O.HI/c1-16(15-21-17(2)27-28(8)18(21)3)26-22(24-7)25-13-14-29-20-11-9-19(10-12-20)23(4,5)6;/h9-12,16H,13-15H2,1-8H3,(H2,24,25,26);1H. The average molecular weight is 527 g/mol. The van der Waals surface area contributed by atoms with Crippen molar-refractivity contribution >= 4 is 29.9 Å². The van der Waals surface area contributed by atoms with Crippen LogP contribution < -0.4 is 15.4 Å². The fourth-order valence-corrected chi connectivity index (χ4v) is 3.29. The molecular weight excluding hydrogens is 489 g/mol. The number of aliphatic imine (C=N–C) groups is 1. The van der Waals surface area contributed by atoms with E-state index < -0.39 is 0 Å². The Kier molecular flexibility index (Phi) is 10.1. The monoisotopic (exact) mass is 527 g/mol. The van der Waals surface area contributed by atoms with Crippen LogP contribution in [0.3, 0.4) is 0 Å². The summed E-state index contributed by atoms with van der Waals surface area (Å²) in [6.07, 6.45) is 0.906.